The van der Waals surface area contributed by atoms with Crippen molar-refractivity contribution in [2.45, 2.75) is 38.8 Å². The van der Waals surface area contributed by atoms with Crippen LogP contribution in [-0.4, -0.2) is 27.0 Å². The molecule has 0 saturated heterocycles. The largest absolute Gasteiger partial charge is 0.419 e. The Morgan fingerprint density at radius 1 is 1.11 bits per heavy atom. The van der Waals surface area contributed by atoms with E-state index in [-0.39, 0.29) is 11.9 Å². The molecule has 0 radical (unpaired) electrons. The van der Waals surface area contributed by atoms with Crippen molar-refractivity contribution in [2.75, 3.05) is 0 Å². The number of carbonyl (C=O) groups excluding carboxylic acids is 1. The van der Waals surface area contributed by atoms with Crippen LogP contribution in [0.2, 0.25) is 5.02 Å². The fourth-order valence-electron chi connectivity index (χ4n) is 2.97. The number of hydrogen-bond acceptors (Lipinski definition) is 4. The number of benzene rings is 2. The van der Waals surface area contributed by atoms with E-state index in [1.165, 1.54) is 5.56 Å². The number of hydrogen-bond donors (Lipinski definition) is 0. The van der Waals surface area contributed by atoms with Crippen LogP contribution in [0.5, 0.6) is 0 Å². The minimum Gasteiger partial charge on any atom is -0.419 e. The summed E-state index contributed by atoms with van der Waals surface area (Å²) in [6.45, 7) is 2.42. The fraction of sp³-hybridized carbons (Fsp3) is 0.286. The molecule has 138 valence electrons. The second-order valence-corrected chi connectivity index (χ2v) is 7.16. The zero-order valence-electron chi connectivity index (χ0n) is 15.1. The number of aromatic nitrogens is 2. The zero-order chi connectivity index (χ0) is 18.8. The third-order valence-corrected chi connectivity index (χ3v) is 4.97. The third-order valence-electron chi connectivity index (χ3n) is 4.72. The van der Waals surface area contributed by atoms with Gasteiger partial charge in [0.1, 0.15) is 0 Å². The van der Waals surface area contributed by atoms with E-state index in [1.807, 2.05) is 41.3 Å². The molecular formula is C21H20ClN3O2. The van der Waals surface area contributed by atoms with Gasteiger partial charge >= 0.3 is 0 Å². The standard InChI is InChI=1S/C21H20ClN3O2/c1-2-14-3-5-16(6-4-14)21(26)25(18-11-12-18)13-19-23-24-20(27-19)15-7-9-17(22)10-8-15/h3-10,18H,2,11-13H2,1H3. The molecule has 0 N–H and O–H groups in total. The number of aryl methyl sites for hydroxylation is 1. The number of amides is 1. The number of nitrogens with zero attached hydrogens (tertiary/aromatic N) is 3. The van der Waals surface area contributed by atoms with Crippen molar-refractivity contribution in [2.24, 2.45) is 0 Å². The first-order chi connectivity index (χ1) is 13.1. The summed E-state index contributed by atoms with van der Waals surface area (Å²) in [5.74, 6) is 0.869. The average Bonchev–Trinajstić information content (AvgIpc) is 3.44. The Bertz CT molecular complexity index is 931. The molecule has 3 aromatic rings. The lowest BCUT2D eigenvalue weighted by Crippen LogP contribution is -2.32. The molecule has 1 amide bonds. The molecule has 1 fully saturated rings. The Morgan fingerprint density at radius 3 is 2.44 bits per heavy atom. The quantitative estimate of drug-likeness (QED) is 0.617. The molecule has 27 heavy (non-hydrogen) atoms. The maximum Gasteiger partial charge on any atom is 0.254 e. The zero-order valence-corrected chi connectivity index (χ0v) is 15.8. The summed E-state index contributed by atoms with van der Waals surface area (Å²) in [5, 5.41) is 8.88. The Kier molecular flexibility index (Phi) is 4.94. The van der Waals surface area contributed by atoms with Crippen molar-refractivity contribution in [1.82, 2.24) is 15.1 Å². The summed E-state index contributed by atoms with van der Waals surface area (Å²) >= 11 is 5.92. The monoisotopic (exact) mass is 381 g/mol. The van der Waals surface area contributed by atoms with E-state index in [0.717, 1.165) is 24.8 Å². The van der Waals surface area contributed by atoms with E-state index in [2.05, 4.69) is 17.1 Å². The van der Waals surface area contributed by atoms with Gasteiger partial charge in [-0.25, -0.2) is 0 Å². The Labute approximate surface area is 163 Å². The van der Waals surface area contributed by atoms with Crippen LogP contribution in [0.1, 0.15) is 41.6 Å². The van der Waals surface area contributed by atoms with Gasteiger partial charge in [0.2, 0.25) is 11.8 Å². The van der Waals surface area contributed by atoms with E-state index < -0.39 is 0 Å². The maximum absolute atomic E-state index is 13.0. The van der Waals surface area contributed by atoms with E-state index in [9.17, 15) is 4.79 Å². The van der Waals surface area contributed by atoms with Gasteiger partial charge in [-0.1, -0.05) is 30.7 Å². The van der Waals surface area contributed by atoms with E-state index in [4.69, 9.17) is 16.0 Å². The molecular weight excluding hydrogens is 362 g/mol. The van der Waals surface area contributed by atoms with E-state index in [0.29, 0.717) is 28.9 Å². The Balaban J connectivity index is 1.52. The predicted molar refractivity (Wildman–Crippen MR) is 103 cm³/mol. The van der Waals surface area contributed by atoms with Crippen molar-refractivity contribution in [3.8, 4) is 11.5 Å². The highest BCUT2D eigenvalue weighted by molar-refractivity contribution is 6.30. The topological polar surface area (TPSA) is 59.2 Å². The molecule has 1 heterocycles. The van der Waals surface area contributed by atoms with Gasteiger partial charge in [-0.05, 0) is 61.2 Å². The van der Waals surface area contributed by atoms with Gasteiger partial charge in [-0.3, -0.25) is 4.79 Å². The first-order valence-corrected chi connectivity index (χ1v) is 9.50. The smallest absolute Gasteiger partial charge is 0.254 e. The molecule has 1 aromatic heterocycles. The van der Waals surface area contributed by atoms with Crippen LogP contribution in [0.3, 0.4) is 0 Å². The summed E-state index contributed by atoms with van der Waals surface area (Å²) in [4.78, 5) is 14.8. The molecule has 2 aromatic carbocycles. The van der Waals surface area contributed by atoms with Gasteiger partial charge in [0.15, 0.2) is 0 Å². The first kappa shape index (κ1) is 17.7. The maximum atomic E-state index is 13.0. The highest BCUT2D eigenvalue weighted by Crippen LogP contribution is 2.30. The van der Waals surface area contributed by atoms with Gasteiger partial charge in [-0.15, -0.1) is 10.2 Å². The van der Waals surface area contributed by atoms with Gasteiger partial charge in [0.25, 0.3) is 5.91 Å². The van der Waals surface area contributed by atoms with E-state index >= 15 is 0 Å². The summed E-state index contributed by atoms with van der Waals surface area (Å²) < 4.78 is 5.78. The van der Waals surface area contributed by atoms with Gasteiger partial charge in [0, 0.05) is 22.2 Å². The summed E-state index contributed by atoms with van der Waals surface area (Å²) in [5.41, 5.74) is 2.71. The van der Waals surface area contributed by atoms with Crippen LogP contribution < -0.4 is 0 Å². The second kappa shape index (κ2) is 7.53. The van der Waals surface area contributed by atoms with Crippen LogP contribution in [-0.2, 0) is 13.0 Å². The van der Waals surface area contributed by atoms with Gasteiger partial charge < -0.3 is 9.32 Å². The highest BCUT2D eigenvalue weighted by atomic mass is 35.5. The molecule has 1 aliphatic rings. The van der Waals surface area contributed by atoms with Crippen LogP contribution in [0.25, 0.3) is 11.5 Å². The van der Waals surface area contributed by atoms with Crippen molar-refractivity contribution < 1.29 is 9.21 Å². The second-order valence-electron chi connectivity index (χ2n) is 6.72. The van der Waals surface area contributed by atoms with Crippen LogP contribution in [0.15, 0.2) is 52.9 Å². The molecule has 0 atom stereocenters. The average molecular weight is 382 g/mol. The molecule has 0 spiro atoms. The summed E-state index contributed by atoms with van der Waals surface area (Å²) in [6, 6.07) is 15.3. The molecule has 4 rings (SSSR count). The van der Waals surface area contributed by atoms with Crippen LogP contribution in [0.4, 0.5) is 0 Å². The lowest BCUT2D eigenvalue weighted by Gasteiger charge is -2.20. The van der Waals surface area contributed by atoms with Crippen LogP contribution in [0, 0.1) is 0 Å². The fourth-order valence-corrected chi connectivity index (χ4v) is 3.10. The van der Waals surface area contributed by atoms with Crippen molar-refractivity contribution in [3.63, 3.8) is 0 Å². The molecule has 1 aliphatic carbocycles. The Hall–Kier alpha value is -2.66. The summed E-state index contributed by atoms with van der Waals surface area (Å²) in [6.07, 6.45) is 2.98. The molecule has 0 aliphatic heterocycles. The first-order valence-electron chi connectivity index (χ1n) is 9.12. The number of rotatable bonds is 6. The molecule has 5 nitrogen and oxygen atoms in total. The minimum absolute atomic E-state index is 0.00592. The normalized spacial score (nSPS) is 13.6. The van der Waals surface area contributed by atoms with Gasteiger partial charge in [-0.2, -0.15) is 0 Å². The molecule has 6 heteroatoms. The Morgan fingerprint density at radius 2 is 1.81 bits per heavy atom. The van der Waals surface area contributed by atoms with Crippen molar-refractivity contribution in [1.29, 1.82) is 0 Å². The summed E-state index contributed by atoms with van der Waals surface area (Å²) in [7, 11) is 0. The molecule has 0 unspecified atom stereocenters. The molecule has 0 bridgehead atoms. The SMILES string of the molecule is CCc1ccc(C(=O)N(Cc2nnc(-c3ccc(Cl)cc3)o2)C2CC2)cc1. The molecule has 1 saturated carbocycles. The third kappa shape index (κ3) is 4.03. The lowest BCUT2D eigenvalue weighted by atomic mass is 10.1. The van der Waals surface area contributed by atoms with Crippen molar-refractivity contribution >= 4 is 17.5 Å². The van der Waals surface area contributed by atoms with Crippen molar-refractivity contribution in [3.05, 3.63) is 70.6 Å². The predicted octanol–water partition coefficient (Wildman–Crippen LogP) is 4.76. The lowest BCUT2D eigenvalue weighted by molar-refractivity contribution is 0.0714. The van der Waals surface area contributed by atoms with Crippen LogP contribution >= 0.6 is 11.6 Å². The highest BCUT2D eigenvalue weighted by Gasteiger charge is 2.34. The number of carbonyl (C=O) groups is 1. The number of halogens is 1. The van der Waals surface area contributed by atoms with E-state index in [1.54, 1.807) is 12.1 Å². The minimum atomic E-state index is 0.00592. The van der Waals surface area contributed by atoms with Gasteiger partial charge in [0.05, 0.1) is 6.54 Å².